The third-order valence-corrected chi connectivity index (χ3v) is 5.74. The first-order valence-corrected chi connectivity index (χ1v) is 7.90. The van der Waals surface area contributed by atoms with E-state index in [2.05, 4.69) is 28.1 Å². The van der Waals surface area contributed by atoms with E-state index < -0.39 is 0 Å². The standard InChI is InChI=1S/C13H18BrNOS/c14-11-4-3-10(17-11)7-13(8-15)5-6-16-12(13)9-1-2-9/h3-4,9,12H,1-2,5-8,15H2. The Morgan fingerprint density at radius 2 is 2.29 bits per heavy atom. The van der Waals surface area contributed by atoms with Crippen LogP contribution in [0.4, 0.5) is 0 Å². The van der Waals surface area contributed by atoms with E-state index >= 15 is 0 Å². The van der Waals surface area contributed by atoms with E-state index in [9.17, 15) is 0 Å². The Morgan fingerprint density at radius 1 is 1.47 bits per heavy atom. The molecule has 0 spiro atoms. The molecule has 1 saturated carbocycles. The van der Waals surface area contributed by atoms with E-state index in [0.717, 1.165) is 31.9 Å². The van der Waals surface area contributed by atoms with Gasteiger partial charge in [-0.05, 0) is 59.7 Å². The predicted molar refractivity (Wildman–Crippen MR) is 74.3 cm³/mol. The molecule has 17 heavy (non-hydrogen) atoms. The summed E-state index contributed by atoms with van der Waals surface area (Å²) in [7, 11) is 0. The van der Waals surface area contributed by atoms with Crippen LogP contribution in [0.5, 0.6) is 0 Å². The lowest BCUT2D eigenvalue weighted by Gasteiger charge is -2.32. The van der Waals surface area contributed by atoms with Crippen LogP contribution < -0.4 is 5.73 Å². The second-order valence-corrected chi connectivity index (χ2v) is 7.88. The molecule has 1 aromatic rings. The van der Waals surface area contributed by atoms with Crippen molar-refractivity contribution in [2.75, 3.05) is 13.2 Å². The van der Waals surface area contributed by atoms with Crippen LogP contribution in [0, 0.1) is 11.3 Å². The normalized spacial score (nSPS) is 33.2. The molecule has 1 aliphatic carbocycles. The van der Waals surface area contributed by atoms with Crippen molar-refractivity contribution >= 4 is 27.3 Å². The summed E-state index contributed by atoms with van der Waals surface area (Å²) in [5.74, 6) is 0.782. The van der Waals surface area contributed by atoms with Crippen LogP contribution in [0.25, 0.3) is 0 Å². The van der Waals surface area contributed by atoms with Crippen molar-refractivity contribution in [2.24, 2.45) is 17.1 Å². The van der Waals surface area contributed by atoms with E-state index in [1.165, 1.54) is 21.5 Å². The molecule has 1 aromatic heterocycles. The number of nitrogens with two attached hydrogens (primary N) is 1. The van der Waals surface area contributed by atoms with Crippen molar-refractivity contribution in [1.29, 1.82) is 0 Å². The van der Waals surface area contributed by atoms with Gasteiger partial charge in [0, 0.05) is 23.4 Å². The number of thiophene rings is 1. The van der Waals surface area contributed by atoms with Gasteiger partial charge in [-0.15, -0.1) is 11.3 Å². The molecule has 1 aliphatic heterocycles. The molecule has 0 radical (unpaired) electrons. The molecule has 2 fully saturated rings. The van der Waals surface area contributed by atoms with E-state index in [-0.39, 0.29) is 5.41 Å². The average Bonchev–Trinajstić information content (AvgIpc) is 2.96. The van der Waals surface area contributed by atoms with Crippen LogP contribution in [0.1, 0.15) is 24.1 Å². The molecular formula is C13H18BrNOS. The molecule has 0 aromatic carbocycles. The maximum absolute atomic E-state index is 6.09. The van der Waals surface area contributed by atoms with Crippen LogP contribution in [-0.2, 0) is 11.2 Å². The fraction of sp³-hybridized carbons (Fsp3) is 0.692. The Labute approximate surface area is 115 Å². The van der Waals surface area contributed by atoms with Crippen LogP contribution in [-0.4, -0.2) is 19.3 Å². The Bertz CT molecular complexity index is 404. The number of hydrogen-bond acceptors (Lipinski definition) is 3. The lowest BCUT2D eigenvalue weighted by Crippen LogP contribution is -2.41. The zero-order chi connectivity index (χ0) is 11.9. The zero-order valence-corrected chi connectivity index (χ0v) is 12.2. The highest BCUT2D eigenvalue weighted by Crippen LogP contribution is 2.49. The maximum Gasteiger partial charge on any atom is 0.0701 e. The van der Waals surface area contributed by atoms with Crippen molar-refractivity contribution in [3.63, 3.8) is 0 Å². The van der Waals surface area contributed by atoms with E-state index in [0.29, 0.717) is 6.10 Å². The van der Waals surface area contributed by atoms with Gasteiger partial charge >= 0.3 is 0 Å². The van der Waals surface area contributed by atoms with Gasteiger partial charge < -0.3 is 10.5 Å². The predicted octanol–water partition coefficient (Wildman–Crippen LogP) is 3.20. The Hall–Kier alpha value is 0.1000. The third kappa shape index (κ3) is 2.33. The molecule has 1 saturated heterocycles. The van der Waals surface area contributed by atoms with Crippen LogP contribution in [0.15, 0.2) is 15.9 Å². The van der Waals surface area contributed by atoms with E-state index in [1.54, 1.807) is 0 Å². The molecule has 2 heterocycles. The molecule has 4 heteroatoms. The lowest BCUT2D eigenvalue weighted by molar-refractivity contribution is 0.0348. The molecule has 2 nitrogen and oxygen atoms in total. The summed E-state index contributed by atoms with van der Waals surface area (Å²) in [5.41, 5.74) is 6.29. The monoisotopic (exact) mass is 315 g/mol. The smallest absolute Gasteiger partial charge is 0.0701 e. The van der Waals surface area contributed by atoms with Gasteiger partial charge in [-0.2, -0.15) is 0 Å². The van der Waals surface area contributed by atoms with Crippen molar-refractivity contribution in [3.05, 3.63) is 20.8 Å². The minimum absolute atomic E-state index is 0.200. The van der Waals surface area contributed by atoms with Crippen molar-refractivity contribution < 1.29 is 4.74 Å². The highest BCUT2D eigenvalue weighted by Gasteiger charge is 2.50. The minimum atomic E-state index is 0.200. The minimum Gasteiger partial charge on any atom is -0.377 e. The lowest BCUT2D eigenvalue weighted by atomic mass is 9.76. The largest absolute Gasteiger partial charge is 0.377 e. The maximum atomic E-state index is 6.09. The number of ether oxygens (including phenoxy) is 1. The quantitative estimate of drug-likeness (QED) is 0.926. The van der Waals surface area contributed by atoms with Gasteiger partial charge in [-0.3, -0.25) is 0 Å². The molecule has 94 valence electrons. The molecule has 2 atom stereocenters. The summed E-state index contributed by atoms with van der Waals surface area (Å²) in [6.07, 6.45) is 5.29. The van der Waals surface area contributed by atoms with Crippen molar-refractivity contribution in [3.8, 4) is 0 Å². The Balaban J connectivity index is 1.80. The van der Waals surface area contributed by atoms with Gasteiger partial charge in [0.2, 0.25) is 0 Å². The SMILES string of the molecule is NCC1(Cc2ccc(Br)s2)CCOC1C1CC1. The highest BCUT2D eigenvalue weighted by molar-refractivity contribution is 9.11. The number of hydrogen-bond donors (Lipinski definition) is 1. The van der Waals surface area contributed by atoms with Crippen molar-refractivity contribution in [2.45, 2.75) is 31.8 Å². The van der Waals surface area contributed by atoms with E-state index in [1.807, 2.05) is 11.3 Å². The average molecular weight is 316 g/mol. The highest BCUT2D eigenvalue weighted by atomic mass is 79.9. The molecule has 2 N–H and O–H groups in total. The molecule has 2 unspecified atom stereocenters. The topological polar surface area (TPSA) is 35.2 Å². The summed E-state index contributed by atoms with van der Waals surface area (Å²) in [6, 6.07) is 4.35. The Kier molecular flexibility index (Phi) is 3.32. The zero-order valence-electron chi connectivity index (χ0n) is 9.82. The second-order valence-electron chi connectivity index (χ2n) is 5.33. The van der Waals surface area contributed by atoms with Crippen LogP contribution in [0.2, 0.25) is 0 Å². The molecule has 2 aliphatic rings. The van der Waals surface area contributed by atoms with Gasteiger partial charge in [-0.25, -0.2) is 0 Å². The van der Waals surface area contributed by atoms with Gasteiger partial charge in [0.1, 0.15) is 0 Å². The van der Waals surface area contributed by atoms with E-state index in [4.69, 9.17) is 10.5 Å². The summed E-state index contributed by atoms with van der Waals surface area (Å²) < 4.78 is 7.19. The Morgan fingerprint density at radius 3 is 2.88 bits per heavy atom. The second kappa shape index (κ2) is 4.65. The van der Waals surface area contributed by atoms with Crippen molar-refractivity contribution in [1.82, 2.24) is 0 Å². The van der Waals surface area contributed by atoms with Gasteiger partial charge in [0.25, 0.3) is 0 Å². The van der Waals surface area contributed by atoms with Gasteiger partial charge in [-0.1, -0.05) is 0 Å². The third-order valence-electron chi connectivity index (χ3n) is 4.11. The van der Waals surface area contributed by atoms with Gasteiger partial charge in [0.05, 0.1) is 9.89 Å². The fourth-order valence-corrected chi connectivity index (χ4v) is 4.65. The van der Waals surface area contributed by atoms with Gasteiger partial charge in [0.15, 0.2) is 0 Å². The van der Waals surface area contributed by atoms with Crippen LogP contribution in [0.3, 0.4) is 0 Å². The summed E-state index contributed by atoms with van der Waals surface area (Å²) in [4.78, 5) is 1.43. The van der Waals surface area contributed by atoms with Crippen LogP contribution >= 0.6 is 27.3 Å². The molecule has 0 amide bonds. The molecule has 3 rings (SSSR count). The number of halogens is 1. The first-order valence-electron chi connectivity index (χ1n) is 6.29. The first kappa shape index (κ1) is 12.2. The summed E-state index contributed by atoms with van der Waals surface area (Å²) in [5, 5.41) is 0. The fourth-order valence-electron chi connectivity index (χ4n) is 3.02. The molecule has 0 bridgehead atoms. The first-order chi connectivity index (χ1) is 8.23. The summed E-state index contributed by atoms with van der Waals surface area (Å²) in [6.45, 7) is 1.65. The molecular weight excluding hydrogens is 298 g/mol. The number of rotatable bonds is 4. The summed E-state index contributed by atoms with van der Waals surface area (Å²) >= 11 is 5.36.